The molecule has 1 aliphatic rings. The molecule has 2 aromatic heterocycles. The van der Waals surface area contributed by atoms with Gasteiger partial charge in [0.1, 0.15) is 35.6 Å². The van der Waals surface area contributed by atoms with Gasteiger partial charge >= 0.3 is 15.6 Å². The highest BCUT2D eigenvalue weighted by atomic mass is 31.3. The van der Waals surface area contributed by atoms with E-state index in [4.69, 9.17) is 20.3 Å². The lowest BCUT2D eigenvalue weighted by Crippen LogP contribution is -2.44. The van der Waals surface area contributed by atoms with E-state index in [0.29, 0.717) is 10.9 Å². The van der Waals surface area contributed by atoms with Gasteiger partial charge in [0.15, 0.2) is 6.23 Å². The molecule has 1 aromatic carbocycles. The van der Waals surface area contributed by atoms with E-state index in [1.165, 1.54) is 24.0 Å². The Bertz CT molecular complexity index is 1430. The smallest absolute Gasteiger partial charge is 0.387 e. The molecule has 0 aliphatic carbocycles. The summed E-state index contributed by atoms with van der Waals surface area (Å²) in [5.41, 5.74) is 5.46. The number of hydrogen-bond donors (Lipinski definition) is 6. The van der Waals surface area contributed by atoms with Crippen molar-refractivity contribution in [1.82, 2.24) is 14.5 Å². The number of aromatic nitrogens is 3. The summed E-state index contributed by atoms with van der Waals surface area (Å²) >= 11 is 0. The van der Waals surface area contributed by atoms with Crippen molar-refractivity contribution in [2.45, 2.75) is 31.0 Å². The third-order valence-corrected chi connectivity index (χ3v) is 7.52. The van der Waals surface area contributed by atoms with Crippen molar-refractivity contribution >= 4 is 32.5 Å². The summed E-state index contributed by atoms with van der Waals surface area (Å²) in [6, 6.07) is 9.13. The Balaban J connectivity index is 1.67. The third kappa shape index (κ3) is 5.51. The SMILES string of the molecule is C[C@@]1(O)C(O)C(COP(=O)(O)OP(=O)(O)O)OC1n1cc(C#Cc2ccccc2)c2c(N)ncnc21. The minimum atomic E-state index is -5.34. The zero-order chi connectivity index (χ0) is 26.3. The number of ether oxygens (including phenoxy) is 1. The van der Waals surface area contributed by atoms with Crippen LogP contribution in [-0.4, -0.2) is 63.8 Å². The number of nitrogens with two attached hydrogens (primary N) is 1. The van der Waals surface area contributed by atoms with Crippen LogP contribution in [0.5, 0.6) is 0 Å². The minimum Gasteiger partial charge on any atom is -0.387 e. The Morgan fingerprint density at radius 3 is 2.56 bits per heavy atom. The molecule has 4 unspecified atom stereocenters. The second-order valence-corrected chi connectivity index (χ2v) is 10.9. The average molecular weight is 540 g/mol. The third-order valence-electron chi connectivity index (χ3n) is 5.37. The van der Waals surface area contributed by atoms with Crippen LogP contribution < -0.4 is 5.73 Å². The Morgan fingerprint density at radius 2 is 1.89 bits per heavy atom. The van der Waals surface area contributed by atoms with E-state index >= 15 is 0 Å². The van der Waals surface area contributed by atoms with E-state index in [2.05, 4.69) is 30.6 Å². The summed E-state index contributed by atoms with van der Waals surface area (Å²) in [7, 11) is -10.5. The maximum Gasteiger partial charge on any atom is 0.481 e. The van der Waals surface area contributed by atoms with E-state index in [0.717, 1.165) is 5.56 Å². The largest absolute Gasteiger partial charge is 0.481 e. The first-order chi connectivity index (χ1) is 16.8. The predicted octanol–water partition coefficient (Wildman–Crippen LogP) is 0.649. The lowest BCUT2D eigenvalue weighted by molar-refractivity contribution is -0.0947. The van der Waals surface area contributed by atoms with E-state index in [9.17, 15) is 24.2 Å². The Hall–Kier alpha value is -2.66. The fourth-order valence-electron chi connectivity index (χ4n) is 3.75. The standard InChI is InChI=1S/C20H22N4O10P2/c1-20(26)16(25)14(10-32-36(30,31)34-35(27,28)29)33-19(20)24-9-13(8-7-12-5-3-2-4-6-12)15-17(21)22-11-23-18(15)24/h2-6,9,11,14,16,19,25-26H,10H2,1H3,(H,30,31)(H2,21,22,23)(H2,27,28,29)/t14?,16?,19?,20-/m1/s1. The van der Waals surface area contributed by atoms with Crippen LogP contribution in [0, 0.1) is 11.8 Å². The van der Waals surface area contributed by atoms with Crippen molar-refractivity contribution in [3.05, 3.63) is 54.0 Å². The van der Waals surface area contributed by atoms with E-state index in [1.54, 1.807) is 0 Å². The summed E-state index contributed by atoms with van der Waals surface area (Å²) in [6.07, 6.45) is -1.65. The Labute approximate surface area is 204 Å². The normalized spacial score (nSPS) is 25.9. The molecule has 1 aliphatic heterocycles. The molecule has 7 N–H and O–H groups in total. The molecule has 0 saturated carbocycles. The van der Waals surface area contributed by atoms with Crippen molar-refractivity contribution in [3.8, 4) is 11.8 Å². The van der Waals surface area contributed by atoms with Crippen LogP contribution in [-0.2, 0) is 22.7 Å². The van der Waals surface area contributed by atoms with Crippen LogP contribution in [0.1, 0.15) is 24.3 Å². The van der Waals surface area contributed by atoms with E-state index in [1.807, 2.05) is 30.3 Å². The van der Waals surface area contributed by atoms with E-state index in [-0.39, 0.29) is 11.5 Å². The quantitative estimate of drug-likeness (QED) is 0.187. The molecule has 0 spiro atoms. The van der Waals surface area contributed by atoms with Gasteiger partial charge < -0.3 is 39.9 Å². The Morgan fingerprint density at radius 1 is 1.19 bits per heavy atom. The minimum absolute atomic E-state index is 0.116. The highest BCUT2D eigenvalue weighted by Crippen LogP contribution is 2.58. The number of aliphatic hydroxyl groups is 2. The van der Waals surface area contributed by atoms with Crippen molar-refractivity contribution in [2.75, 3.05) is 12.3 Å². The maximum absolute atomic E-state index is 11.8. The second-order valence-electron chi connectivity index (χ2n) is 8.06. The molecule has 14 nitrogen and oxygen atoms in total. The van der Waals surface area contributed by atoms with Crippen molar-refractivity contribution in [2.24, 2.45) is 0 Å². The van der Waals surface area contributed by atoms with Crippen LogP contribution >= 0.6 is 15.6 Å². The zero-order valence-corrected chi connectivity index (χ0v) is 20.4. The van der Waals surface area contributed by atoms with Crippen LogP contribution in [0.2, 0.25) is 0 Å². The zero-order valence-electron chi connectivity index (χ0n) is 18.6. The number of hydrogen-bond acceptors (Lipinski definition) is 10. The Kier molecular flexibility index (Phi) is 7.09. The molecule has 0 radical (unpaired) electrons. The lowest BCUT2D eigenvalue weighted by atomic mass is 9.96. The molecule has 0 bridgehead atoms. The highest BCUT2D eigenvalue weighted by Gasteiger charge is 2.54. The number of phosphoric acid groups is 2. The van der Waals surface area contributed by atoms with Gasteiger partial charge in [-0.05, 0) is 19.1 Å². The van der Waals surface area contributed by atoms with Gasteiger partial charge in [-0.3, -0.25) is 4.52 Å². The van der Waals surface area contributed by atoms with Gasteiger partial charge in [0.05, 0.1) is 17.6 Å². The second kappa shape index (κ2) is 9.66. The monoisotopic (exact) mass is 540 g/mol. The molecule has 5 atom stereocenters. The van der Waals surface area contributed by atoms with Crippen molar-refractivity contribution in [1.29, 1.82) is 0 Å². The summed E-state index contributed by atoms with van der Waals surface area (Å²) in [5, 5.41) is 22.1. The topological polar surface area (TPSA) is 220 Å². The van der Waals surface area contributed by atoms with Crippen LogP contribution in [0.3, 0.4) is 0 Å². The molecule has 3 aromatic rings. The number of rotatable bonds is 6. The van der Waals surface area contributed by atoms with Gasteiger partial charge in [-0.25, -0.2) is 19.1 Å². The number of phosphoric ester groups is 1. The van der Waals surface area contributed by atoms with Crippen molar-refractivity contribution in [3.63, 3.8) is 0 Å². The number of nitrogen functional groups attached to an aromatic ring is 1. The van der Waals surface area contributed by atoms with Gasteiger partial charge in [-0.2, -0.15) is 4.31 Å². The summed E-state index contributed by atoms with van der Waals surface area (Å²) in [6.45, 7) is 0.414. The fourth-order valence-corrected chi connectivity index (χ4v) is 5.35. The lowest BCUT2D eigenvalue weighted by Gasteiger charge is -2.27. The van der Waals surface area contributed by atoms with Crippen LogP contribution in [0.4, 0.5) is 5.82 Å². The molecular formula is C20H22N4O10P2. The first kappa shape index (κ1) is 26.4. The number of anilines is 1. The first-order valence-electron chi connectivity index (χ1n) is 10.3. The average Bonchev–Trinajstić information content (AvgIpc) is 3.25. The van der Waals surface area contributed by atoms with Gasteiger partial charge in [0.25, 0.3) is 0 Å². The number of nitrogens with zero attached hydrogens (tertiary/aromatic N) is 3. The number of benzene rings is 1. The fraction of sp³-hybridized carbons (Fsp3) is 0.300. The molecule has 3 heterocycles. The first-order valence-corrected chi connectivity index (χ1v) is 13.3. The van der Waals surface area contributed by atoms with Gasteiger partial charge in [-0.15, -0.1) is 0 Å². The van der Waals surface area contributed by atoms with E-state index < -0.39 is 46.3 Å². The molecule has 16 heteroatoms. The molecule has 1 fully saturated rings. The summed E-state index contributed by atoms with van der Waals surface area (Å²) in [5.74, 6) is 6.10. The molecular weight excluding hydrogens is 518 g/mol. The molecule has 4 rings (SSSR count). The van der Waals surface area contributed by atoms with Gasteiger partial charge in [-0.1, -0.05) is 30.0 Å². The maximum atomic E-state index is 11.8. The highest BCUT2D eigenvalue weighted by molar-refractivity contribution is 7.60. The number of aliphatic hydroxyl groups excluding tert-OH is 1. The molecule has 0 amide bonds. The molecule has 1 saturated heterocycles. The molecule has 36 heavy (non-hydrogen) atoms. The van der Waals surface area contributed by atoms with Crippen molar-refractivity contribution < 1.29 is 47.6 Å². The van der Waals surface area contributed by atoms with Gasteiger partial charge in [0.2, 0.25) is 0 Å². The van der Waals surface area contributed by atoms with Gasteiger partial charge in [0, 0.05) is 11.8 Å². The summed E-state index contributed by atoms with van der Waals surface area (Å²) < 4.78 is 38.0. The summed E-state index contributed by atoms with van der Waals surface area (Å²) in [4.78, 5) is 35.2. The van der Waals surface area contributed by atoms with Crippen LogP contribution in [0.15, 0.2) is 42.9 Å². The molecule has 192 valence electrons. The van der Waals surface area contributed by atoms with Crippen LogP contribution in [0.25, 0.3) is 11.0 Å². The number of fused-ring (bicyclic) bond motifs is 1. The predicted molar refractivity (Wildman–Crippen MR) is 124 cm³/mol.